The van der Waals surface area contributed by atoms with Crippen molar-refractivity contribution in [3.8, 4) is 0 Å². The van der Waals surface area contributed by atoms with Crippen molar-refractivity contribution in [3.05, 3.63) is 131 Å². The molecule has 0 saturated heterocycles. The summed E-state index contributed by atoms with van der Waals surface area (Å²) in [6, 6.07) is 19.1. The number of nitrogens with zero attached hydrogens (tertiary/aromatic N) is 1. The smallest absolute Gasteiger partial charge is 0.351 e. The predicted octanol–water partition coefficient (Wildman–Crippen LogP) is 4.48. The highest BCUT2D eigenvalue weighted by atomic mass is 19.4. The molecule has 3 aromatic carbocycles. The topological polar surface area (TPSA) is 129 Å². The van der Waals surface area contributed by atoms with E-state index < -0.39 is 53.5 Å². The number of anilines is 1. The molecule has 0 spiro atoms. The first-order valence-electron chi connectivity index (χ1n) is 15.8. The second-order valence-corrected chi connectivity index (χ2v) is 12.1. The van der Waals surface area contributed by atoms with Gasteiger partial charge in [0.1, 0.15) is 12.1 Å². The van der Waals surface area contributed by atoms with Crippen LogP contribution in [0, 0.1) is 6.92 Å². The Hall–Kier alpha value is -5.52. The second-order valence-electron chi connectivity index (χ2n) is 12.1. The number of aromatic nitrogens is 1. The number of pyridine rings is 1. The lowest BCUT2D eigenvalue weighted by molar-refractivity contribution is -0.137. The van der Waals surface area contributed by atoms with Crippen LogP contribution in [0.3, 0.4) is 0 Å². The molecule has 0 radical (unpaired) electrons. The number of aryl methyl sites for hydroxylation is 1. The van der Waals surface area contributed by atoms with Gasteiger partial charge >= 0.3 is 6.18 Å². The molecule has 9 nitrogen and oxygen atoms in total. The van der Waals surface area contributed by atoms with Gasteiger partial charge in [-0.1, -0.05) is 72.3 Å². The third-order valence-corrected chi connectivity index (χ3v) is 8.13. The van der Waals surface area contributed by atoms with Crippen molar-refractivity contribution in [2.24, 2.45) is 0 Å². The summed E-state index contributed by atoms with van der Waals surface area (Å²) in [5.41, 5.74) is 2.63. The average molecular weight is 672 g/mol. The van der Waals surface area contributed by atoms with Crippen molar-refractivity contribution < 1.29 is 32.3 Å². The molecule has 0 fully saturated rings. The Morgan fingerprint density at radius 1 is 0.714 bits per heavy atom. The van der Waals surface area contributed by atoms with Crippen LogP contribution in [-0.4, -0.2) is 46.7 Å². The highest BCUT2D eigenvalue weighted by molar-refractivity contribution is 5.96. The van der Waals surface area contributed by atoms with Crippen LogP contribution in [0.5, 0.6) is 0 Å². The summed E-state index contributed by atoms with van der Waals surface area (Å²) in [5.74, 6) is -2.34. The zero-order valence-corrected chi connectivity index (χ0v) is 26.7. The molecule has 2 heterocycles. The van der Waals surface area contributed by atoms with E-state index in [1.54, 1.807) is 48.8 Å². The number of halogens is 3. The van der Waals surface area contributed by atoms with Crippen molar-refractivity contribution in [1.29, 1.82) is 0 Å². The lowest BCUT2D eigenvalue weighted by Crippen LogP contribution is -2.56. The van der Waals surface area contributed by atoms with E-state index in [9.17, 15) is 32.3 Å². The van der Waals surface area contributed by atoms with Gasteiger partial charge in [-0.3, -0.25) is 24.2 Å². The van der Waals surface area contributed by atoms with E-state index in [1.807, 2.05) is 31.2 Å². The number of carbonyl (C=O) groups excluding carboxylic acids is 4. The van der Waals surface area contributed by atoms with E-state index in [2.05, 4.69) is 26.3 Å². The molecule has 0 saturated carbocycles. The minimum absolute atomic E-state index is 0.0183. The minimum Gasteiger partial charge on any atom is -0.351 e. The molecule has 254 valence electrons. The van der Waals surface area contributed by atoms with Gasteiger partial charge in [-0.2, -0.15) is 13.2 Å². The number of carbonyl (C=O) groups is 4. The highest BCUT2D eigenvalue weighted by Crippen LogP contribution is 2.30. The fourth-order valence-electron chi connectivity index (χ4n) is 5.80. The lowest BCUT2D eigenvalue weighted by atomic mass is 9.99. The van der Waals surface area contributed by atoms with Crippen molar-refractivity contribution >= 4 is 29.3 Å². The fraction of sp³-hybridized carbons (Fsp3) is 0.270. The summed E-state index contributed by atoms with van der Waals surface area (Å²) < 4.78 is 40.6. The van der Waals surface area contributed by atoms with Gasteiger partial charge in [-0.25, -0.2) is 0 Å². The number of hydrogen-bond donors (Lipinski definition) is 4. The maximum absolute atomic E-state index is 14.0. The van der Waals surface area contributed by atoms with Crippen LogP contribution < -0.4 is 21.3 Å². The van der Waals surface area contributed by atoms with E-state index in [0.29, 0.717) is 23.2 Å². The Morgan fingerprint density at radius 3 is 2.12 bits per heavy atom. The van der Waals surface area contributed by atoms with Crippen LogP contribution in [0.2, 0.25) is 0 Å². The molecular weight excluding hydrogens is 635 g/mol. The third kappa shape index (κ3) is 9.99. The molecule has 0 aliphatic carbocycles. The normalized spacial score (nSPS) is 19.3. The van der Waals surface area contributed by atoms with Crippen LogP contribution in [0.25, 0.3) is 0 Å². The average Bonchev–Trinajstić information content (AvgIpc) is 3.05. The first-order valence-corrected chi connectivity index (χ1v) is 15.8. The quantitative estimate of drug-likeness (QED) is 0.241. The number of rotatable bonds is 6. The van der Waals surface area contributed by atoms with E-state index in [-0.39, 0.29) is 31.2 Å². The molecule has 1 aromatic heterocycles. The number of amides is 4. The van der Waals surface area contributed by atoms with E-state index in [1.165, 1.54) is 12.1 Å². The summed E-state index contributed by atoms with van der Waals surface area (Å²) >= 11 is 0. The van der Waals surface area contributed by atoms with E-state index in [0.717, 1.165) is 23.3 Å². The molecule has 0 unspecified atom stereocenters. The number of para-hydroxylation sites is 1. The molecule has 12 heteroatoms. The molecule has 3 atom stereocenters. The van der Waals surface area contributed by atoms with Crippen molar-refractivity contribution in [2.75, 3.05) is 5.32 Å². The van der Waals surface area contributed by atoms with Crippen molar-refractivity contribution in [1.82, 2.24) is 20.9 Å². The lowest BCUT2D eigenvalue weighted by Gasteiger charge is -2.26. The molecule has 1 aliphatic heterocycles. The molecule has 1 aliphatic rings. The van der Waals surface area contributed by atoms with Crippen molar-refractivity contribution in [2.45, 2.75) is 63.3 Å². The maximum Gasteiger partial charge on any atom is 0.416 e. The molecule has 49 heavy (non-hydrogen) atoms. The Balaban J connectivity index is 1.51. The minimum atomic E-state index is -4.61. The number of fused-ring (bicyclic) bond motifs is 1. The number of hydrogen-bond acceptors (Lipinski definition) is 5. The largest absolute Gasteiger partial charge is 0.416 e. The maximum atomic E-state index is 14.0. The zero-order chi connectivity index (χ0) is 35.0. The first-order chi connectivity index (χ1) is 23.4. The summed E-state index contributed by atoms with van der Waals surface area (Å²) in [4.78, 5) is 58.8. The van der Waals surface area contributed by atoms with Crippen LogP contribution in [0.1, 0.15) is 39.8 Å². The van der Waals surface area contributed by atoms with Gasteiger partial charge in [0.15, 0.2) is 0 Å². The van der Waals surface area contributed by atoms with Gasteiger partial charge in [-0.15, -0.1) is 0 Å². The van der Waals surface area contributed by atoms with E-state index >= 15 is 0 Å². The number of alkyl halides is 3. The second kappa shape index (κ2) is 15.6. The predicted molar refractivity (Wildman–Crippen MR) is 177 cm³/mol. The molecule has 5 rings (SSSR count). The fourth-order valence-corrected chi connectivity index (χ4v) is 5.80. The molecule has 0 bridgehead atoms. The van der Waals surface area contributed by atoms with Gasteiger partial charge < -0.3 is 21.3 Å². The SMILES string of the molecule is Cc1cccc(C[C@H]2CC(=O)Nc3ccccc3CC(=O)N[C@@H](Cc3cccc(C(F)(F)F)c3)C(=O)N[C@@H](Cc3cccnc3)C(=O)N2)c1. The Morgan fingerprint density at radius 2 is 1.39 bits per heavy atom. The summed E-state index contributed by atoms with van der Waals surface area (Å²) in [5, 5.41) is 11.2. The summed E-state index contributed by atoms with van der Waals surface area (Å²) in [6.45, 7) is 1.94. The Kier molecular flexibility index (Phi) is 11.1. The van der Waals surface area contributed by atoms with Gasteiger partial charge in [0.25, 0.3) is 0 Å². The molecule has 4 amide bonds. The number of nitrogens with one attached hydrogen (secondary N) is 4. The highest BCUT2D eigenvalue weighted by Gasteiger charge is 2.32. The number of benzene rings is 3. The summed E-state index contributed by atoms with van der Waals surface area (Å²) in [6.07, 6.45) is -1.79. The molecule has 4 aromatic rings. The van der Waals surface area contributed by atoms with Gasteiger partial charge in [0.2, 0.25) is 23.6 Å². The van der Waals surface area contributed by atoms with Crippen LogP contribution in [0.15, 0.2) is 97.3 Å². The van der Waals surface area contributed by atoms with E-state index in [4.69, 9.17) is 0 Å². The van der Waals surface area contributed by atoms with Gasteiger partial charge in [0.05, 0.1) is 12.0 Å². The Bertz CT molecular complexity index is 1820. The first kappa shape index (κ1) is 34.8. The monoisotopic (exact) mass is 671 g/mol. The zero-order valence-electron chi connectivity index (χ0n) is 26.7. The summed E-state index contributed by atoms with van der Waals surface area (Å²) in [7, 11) is 0. The van der Waals surface area contributed by atoms with Crippen LogP contribution in [0.4, 0.5) is 18.9 Å². The van der Waals surface area contributed by atoms with Crippen molar-refractivity contribution in [3.63, 3.8) is 0 Å². The molecular formula is C37H36F3N5O4. The third-order valence-electron chi connectivity index (χ3n) is 8.13. The van der Waals surface area contributed by atoms with Gasteiger partial charge in [0, 0.05) is 43.4 Å². The van der Waals surface area contributed by atoms with Crippen LogP contribution in [-0.2, 0) is 51.0 Å². The standard InChI is InChI=1S/C37H36F3N5O4/c1-23-7-4-8-24(15-23)17-29-21-34(47)43-30-13-3-2-11-27(30)20-33(46)44-31(18-25-9-5-12-28(16-25)37(38,39)40)36(49)45-32(35(48)42-29)19-26-10-6-14-41-22-26/h2-16,22,29,31-32H,17-21H2,1H3,(H,42,48)(H,43,47)(H,44,46)(H,45,49)/t29-,31-,32-/m0/s1. The van der Waals surface area contributed by atoms with Crippen LogP contribution >= 0.6 is 0 Å². The Labute approximate surface area is 281 Å². The molecule has 4 N–H and O–H groups in total. The van der Waals surface area contributed by atoms with Gasteiger partial charge in [-0.05, 0) is 53.8 Å².